The summed E-state index contributed by atoms with van der Waals surface area (Å²) in [4.78, 5) is 22.7. The summed E-state index contributed by atoms with van der Waals surface area (Å²) in [6, 6.07) is 5.11. The minimum atomic E-state index is -0.909. The molecular weight excluding hydrogens is 437 g/mol. The van der Waals surface area contributed by atoms with E-state index in [-0.39, 0.29) is 6.42 Å². The number of nitrogens with zero attached hydrogens (tertiary/aromatic N) is 3. The molecule has 1 N–H and O–H groups in total. The number of rotatable bonds is 8. The molecule has 2 heterocycles. The van der Waals surface area contributed by atoms with Crippen molar-refractivity contribution in [1.82, 2.24) is 9.97 Å². The number of hydrogen-bond acceptors (Lipinski definition) is 8. The largest absolute Gasteiger partial charge is 0.488 e. The molecule has 0 bridgehead atoms. The molecule has 174 valence electrons. The molecule has 2 atom stereocenters. The molecule has 32 heavy (non-hydrogen) atoms. The molecule has 0 saturated carbocycles. The summed E-state index contributed by atoms with van der Waals surface area (Å²) in [5.41, 5.74) is 0.488. The molecule has 0 aliphatic carbocycles. The van der Waals surface area contributed by atoms with E-state index in [2.05, 4.69) is 9.97 Å². The fourth-order valence-corrected chi connectivity index (χ4v) is 3.64. The number of aliphatic hydroxyl groups excluding tert-OH is 1. The number of halogens is 1. The Bertz CT molecular complexity index is 1060. The van der Waals surface area contributed by atoms with Crippen molar-refractivity contribution in [2.45, 2.75) is 58.3 Å². The number of alkyl halides is 1. The maximum atomic E-state index is 12.9. The van der Waals surface area contributed by atoms with Crippen LogP contribution in [0.1, 0.15) is 51.0 Å². The monoisotopic (exact) mass is 465 g/mol. The first kappa shape index (κ1) is 23.9. The van der Waals surface area contributed by atoms with Crippen LogP contribution in [-0.2, 0) is 11.2 Å². The van der Waals surface area contributed by atoms with Crippen LogP contribution in [0, 0.1) is 0 Å². The van der Waals surface area contributed by atoms with Crippen molar-refractivity contribution < 1.29 is 28.2 Å². The van der Waals surface area contributed by atoms with E-state index in [1.807, 2.05) is 6.92 Å². The number of oxazole rings is 1. The first-order valence-corrected chi connectivity index (χ1v) is 11.1. The Kier molecular flexibility index (Phi) is 7.35. The molecule has 1 aromatic carbocycles. The zero-order chi connectivity index (χ0) is 23.5. The van der Waals surface area contributed by atoms with Crippen LogP contribution < -0.4 is 9.64 Å². The molecule has 3 aromatic rings. The van der Waals surface area contributed by atoms with Gasteiger partial charge in [-0.2, -0.15) is 0 Å². The Hall–Kier alpha value is -2.72. The number of fused-ring (bicyclic) bond motifs is 1. The summed E-state index contributed by atoms with van der Waals surface area (Å²) in [6.07, 6.45) is 0.265. The molecule has 8 nitrogen and oxygen atoms in total. The van der Waals surface area contributed by atoms with Crippen LogP contribution in [0.4, 0.5) is 14.3 Å². The van der Waals surface area contributed by atoms with E-state index in [0.29, 0.717) is 39.2 Å². The van der Waals surface area contributed by atoms with Crippen molar-refractivity contribution >= 4 is 33.7 Å². The van der Waals surface area contributed by atoms with E-state index in [9.17, 15) is 14.3 Å². The van der Waals surface area contributed by atoms with Gasteiger partial charge >= 0.3 is 6.09 Å². The van der Waals surface area contributed by atoms with Gasteiger partial charge in [-0.3, -0.25) is 4.90 Å². The quantitative estimate of drug-likeness (QED) is 0.497. The lowest BCUT2D eigenvalue weighted by atomic mass is 10.2. The van der Waals surface area contributed by atoms with Crippen molar-refractivity contribution in [2.75, 3.05) is 18.6 Å². The van der Waals surface area contributed by atoms with E-state index in [1.54, 1.807) is 46.0 Å². The summed E-state index contributed by atoms with van der Waals surface area (Å²) in [6.45, 7) is 6.65. The highest BCUT2D eigenvalue weighted by Gasteiger charge is 2.24. The van der Waals surface area contributed by atoms with E-state index < -0.39 is 30.6 Å². The van der Waals surface area contributed by atoms with Crippen molar-refractivity contribution in [2.24, 2.45) is 0 Å². The Morgan fingerprint density at radius 2 is 2.12 bits per heavy atom. The highest BCUT2D eigenvalue weighted by molar-refractivity contribution is 7.15. The molecule has 0 spiro atoms. The summed E-state index contributed by atoms with van der Waals surface area (Å²) >= 11 is 1.18. The molecule has 10 heteroatoms. The van der Waals surface area contributed by atoms with Gasteiger partial charge in [-0.15, -0.1) is 0 Å². The number of carbonyl (C=O) groups excluding carboxylic acids is 1. The number of ether oxygens (including phenoxy) is 2. The normalized spacial score (nSPS) is 13.7. The second-order valence-electron chi connectivity index (χ2n) is 8.34. The van der Waals surface area contributed by atoms with Crippen LogP contribution in [0.15, 0.2) is 28.8 Å². The summed E-state index contributed by atoms with van der Waals surface area (Å²) < 4.78 is 29.6. The lowest BCUT2D eigenvalue weighted by Crippen LogP contribution is -2.34. The maximum absolute atomic E-state index is 12.9. The Morgan fingerprint density at radius 1 is 1.38 bits per heavy atom. The number of thiazole rings is 1. The van der Waals surface area contributed by atoms with Gasteiger partial charge in [0.15, 0.2) is 16.6 Å². The first-order chi connectivity index (χ1) is 15.1. The number of aromatic nitrogens is 2. The zero-order valence-electron chi connectivity index (χ0n) is 18.8. The molecule has 2 unspecified atom stereocenters. The predicted molar refractivity (Wildman–Crippen MR) is 120 cm³/mol. The summed E-state index contributed by atoms with van der Waals surface area (Å²) in [5.74, 6) is 0.847. The van der Waals surface area contributed by atoms with Crippen LogP contribution in [-0.4, -0.2) is 46.6 Å². The lowest BCUT2D eigenvalue weighted by molar-refractivity contribution is 0.0589. The molecule has 0 fully saturated rings. The van der Waals surface area contributed by atoms with Crippen LogP contribution >= 0.6 is 11.3 Å². The Labute approximate surface area is 190 Å². The first-order valence-electron chi connectivity index (χ1n) is 10.3. The number of aliphatic hydroxyl groups is 1. The van der Waals surface area contributed by atoms with Gasteiger partial charge in [0.25, 0.3) is 0 Å². The predicted octanol–water partition coefficient (Wildman–Crippen LogP) is 5.06. The van der Waals surface area contributed by atoms with Crippen LogP contribution in [0.3, 0.4) is 0 Å². The van der Waals surface area contributed by atoms with E-state index in [1.165, 1.54) is 22.4 Å². The molecule has 3 rings (SSSR count). The minimum Gasteiger partial charge on any atom is -0.488 e. The molecule has 0 aliphatic heterocycles. The standard InChI is InChI=1S/C22H28FN3O5S/c1-6-13(11-23)29-14-7-8-15-17(9-14)30-19(25-15)10-16(27)18-12-24-20(32-18)26(5)21(28)31-22(2,3)4/h7-9,12-13,16,27H,6,10-11H2,1-5H3. The average Bonchev–Trinajstić information content (AvgIpc) is 3.36. The summed E-state index contributed by atoms with van der Waals surface area (Å²) in [5, 5.41) is 11.0. The van der Waals surface area contributed by atoms with Gasteiger partial charge in [-0.05, 0) is 39.3 Å². The molecule has 0 radical (unpaired) electrons. The van der Waals surface area contributed by atoms with Gasteiger partial charge in [0.05, 0.1) is 17.4 Å². The third-order valence-electron chi connectivity index (χ3n) is 4.50. The van der Waals surface area contributed by atoms with Crippen molar-refractivity contribution in [3.05, 3.63) is 35.2 Å². The van der Waals surface area contributed by atoms with Crippen molar-refractivity contribution in [3.8, 4) is 5.75 Å². The number of hydrogen-bond donors (Lipinski definition) is 1. The van der Waals surface area contributed by atoms with E-state index >= 15 is 0 Å². The number of carbonyl (C=O) groups is 1. The number of anilines is 1. The van der Waals surface area contributed by atoms with Gasteiger partial charge in [0.2, 0.25) is 0 Å². The van der Waals surface area contributed by atoms with Gasteiger partial charge in [-0.25, -0.2) is 19.2 Å². The lowest BCUT2D eigenvalue weighted by Gasteiger charge is -2.23. The highest BCUT2D eigenvalue weighted by Crippen LogP contribution is 2.30. The third kappa shape index (κ3) is 5.95. The second kappa shape index (κ2) is 9.83. The average molecular weight is 466 g/mol. The van der Waals surface area contributed by atoms with Gasteiger partial charge < -0.3 is 19.0 Å². The summed E-state index contributed by atoms with van der Waals surface area (Å²) in [7, 11) is 1.57. The zero-order valence-corrected chi connectivity index (χ0v) is 19.6. The van der Waals surface area contributed by atoms with Gasteiger partial charge in [0, 0.05) is 19.3 Å². The fourth-order valence-electron chi connectivity index (χ4n) is 2.79. The molecule has 0 aliphatic rings. The smallest absolute Gasteiger partial charge is 0.416 e. The Balaban J connectivity index is 1.68. The molecular formula is C22H28FN3O5S. The van der Waals surface area contributed by atoms with Crippen molar-refractivity contribution in [1.29, 1.82) is 0 Å². The van der Waals surface area contributed by atoms with Crippen LogP contribution in [0.25, 0.3) is 11.1 Å². The van der Waals surface area contributed by atoms with E-state index in [4.69, 9.17) is 13.9 Å². The number of amides is 1. The second-order valence-corrected chi connectivity index (χ2v) is 9.38. The number of benzene rings is 1. The SMILES string of the molecule is CCC(CF)Oc1ccc2nc(CC(O)c3cnc(N(C)C(=O)OC(C)(C)C)s3)oc2c1. The van der Waals surface area contributed by atoms with E-state index in [0.717, 1.165) is 0 Å². The van der Waals surface area contributed by atoms with Gasteiger partial charge in [0.1, 0.15) is 29.6 Å². The topological polar surface area (TPSA) is 97.9 Å². The van der Waals surface area contributed by atoms with Crippen LogP contribution in [0.2, 0.25) is 0 Å². The van der Waals surface area contributed by atoms with Crippen molar-refractivity contribution in [3.63, 3.8) is 0 Å². The molecule has 1 amide bonds. The molecule has 0 saturated heterocycles. The Morgan fingerprint density at radius 3 is 2.78 bits per heavy atom. The molecule has 2 aromatic heterocycles. The maximum Gasteiger partial charge on any atom is 0.416 e. The third-order valence-corrected chi connectivity index (χ3v) is 5.67. The highest BCUT2D eigenvalue weighted by atomic mass is 32.1. The minimum absolute atomic E-state index is 0.130. The van der Waals surface area contributed by atoms with Gasteiger partial charge in [-0.1, -0.05) is 18.3 Å². The van der Waals surface area contributed by atoms with Crippen LogP contribution in [0.5, 0.6) is 5.75 Å². The fraction of sp³-hybridized carbons (Fsp3) is 0.500.